The molecule has 2 aromatic carbocycles. The van der Waals surface area contributed by atoms with Crippen molar-refractivity contribution in [3.8, 4) is 5.75 Å². The molecule has 0 heterocycles. The summed E-state index contributed by atoms with van der Waals surface area (Å²) in [7, 11) is 0. The zero-order chi connectivity index (χ0) is 30.5. The molecule has 0 atom stereocenters. The standard InChI is InChI=1S/C15H23NO2.C11H13Cl.C6H12N2.C2H6/c1-4-7-16-10-11-8-13(14(17)6-3)12(5-2)15(18)9-11;1-8-3-2-4-9(5-8)10-6-11(12)7-10;1-4-7-8-5-6(2)3;1-2/h8-9,16,18H,4-7,10H2,1-3H3;2-5,10-11H,6-7H2,1H3;4-6H,1-3H3;1-2H3/b;;7-4-,8-5-;. The minimum Gasteiger partial charge on any atom is -0.508 e. The molecule has 1 aliphatic carbocycles. The van der Waals surface area contributed by atoms with E-state index in [0.717, 1.165) is 42.9 Å². The number of ketones is 1. The van der Waals surface area contributed by atoms with E-state index in [-0.39, 0.29) is 11.5 Å². The third-order valence-electron chi connectivity index (χ3n) is 6.16. The Hall–Kier alpha value is -2.50. The molecular weight excluding hydrogens is 518 g/mol. The van der Waals surface area contributed by atoms with Crippen molar-refractivity contribution in [3.05, 3.63) is 64.2 Å². The minimum atomic E-state index is 0.0968. The van der Waals surface area contributed by atoms with Crippen LogP contribution in [-0.2, 0) is 13.0 Å². The normalized spacial score (nSPS) is 15.9. The van der Waals surface area contributed by atoms with Gasteiger partial charge >= 0.3 is 0 Å². The number of alkyl halides is 1. The van der Waals surface area contributed by atoms with Gasteiger partial charge in [-0.1, -0.05) is 78.3 Å². The summed E-state index contributed by atoms with van der Waals surface area (Å²) >= 11 is 5.93. The number of hydrogen-bond acceptors (Lipinski definition) is 5. The number of hydrogen-bond donors (Lipinski definition) is 2. The molecule has 0 radical (unpaired) electrons. The predicted molar refractivity (Wildman–Crippen MR) is 176 cm³/mol. The molecule has 5 nitrogen and oxygen atoms in total. The maximum Gasteiger partial charge on any atom is 0.163 e. The fraction of sp³-hybridized carbons (Fsp3) is 0.559. The number of aromatic hydroxyl groups is 1. The van der Waals surface area contributed by atoms with Crippen LogP contribution in [-0.4, -0.2) is 35.2 Å². The van der Waals surface area contributed by atoms with E-state index >= 15 is 0 Å². The Labute approximate surface area is 249 Å². The Morgan fingerprint density at radius 1 is 1.12 bits per heavy atom. The Bertz CT molecular complexity index is 1030. The summed E-state index contributed by atoms with van der Waals surface area (Å²) in [6.45, 7) is 19.7. The molecule has 1 saturated carbocycles. The zero-order valence-electron chi connectivity index (χ0n) is 26.4. The number of nitrogens with zero attached hydrogens (tertiary/aromatic N) is 2. The molecule has 0 aromatic heterocycles. The van der Waals surface area contributed by atoms with Gasteiger partial charge in [0, 0.05) is 41.9 Å². The molecule has 0 unspecified atom stereocenters. The third kappa shape index (κ3) is 14.8. The van der Waals surface area contributed by atoms with Gasteiger partial charge in [-0.2, -0.15) is 10.2 Å². The number of nitrogens with one attached hydrogen (secondary N) is 1. The number of phenolic OH excluding ortho intramolecular Hbond substituents is 1. The summed E-state index contributed by atoms with van der Waals surface area (Å²) in [5.41, 5.74) is 5.22. The van der Waals surface area contributed by atoms with Gasteiger partial charge in [-0.3, -0.25) is 4.79 Å². The second-order valence-electron chi connectivity index (χ2n) is 10.0. The van der Waals surface area contributed by atoms with Crippen LogP contribution in [0.3, 0.4) is 0 Å². The minimum absolute atomic E-state index is 0.0968. The van der Waals surface area contributed by atoms with Crippen molar-refractivity contribution < 1.29 is 9.90 Å². The molecule has 40 heavy (non-hydrogen) atoms. The predicted octanol–water partition coefficient (Wildman–Crippen LogP) is 9.27. The lowest BCUT2D eigenvalue weighted by Crippen LogP contribution is -2.21. The van der Waals surface area contributed by atoms with Gasteiger partial charge in [0.1, 0.15) is 5.75 Å². The lowest BCUT2D eigenvalue weighted by atomic mass is 9.79. The van der Waals surface area contributed by atoms with Crippen molar-refractivity contribution >= 4 is 29.8 Å². The van der Waals surface area contributed by atoms with Crippen molar-refractivity contribution in [2.24, 2.45) is 16.1 Å². The highest BCUT2D eigenvalue weighted by Crippen LogP contribution is 2.40. The van der Waals surface area contributed by atoms with Gasteiger partial charge in [0.25, 0.3) is 0 Å². The number of carbonyl (C=O) groups is 1. The number of phenols is 1. The smallest absolute Gasteiger partial charge is 0.163 e. The maximum atomic E-state index is 11.9. The van der Waals surface area contributed by atoms with E-state index in [1.165, 1.54) is 11.1 Å². The van der Waals surface area contributed by atoms with Gasteiger partial charge in [0.05, 0.1) is 0 Å². The highest BCUT2D eigenvalue weighted by atomic mass is 35.5. The number of rotatable bonds is 10. The molecule has 0 saturated heterocycles. The summed E-state index contributed by atoms with van der Waals surface area (Å²) < 4.78 is 0. The second kappa shape index (κ2) is 22.2. The monoisotopic (exact) mass is 571 g/mol. The molecule has 224 valence electrons. The summed E-state index contributed by atoms with van der Waals surface area (Å²) in [5, 5.41) is 21.1. The summed E-state index contributed by atoms with van der Waals surface area (Å²) in [5.74, 6) is 1.57. The molecule has 6 heteroatoms. The van der Waals surface area contributed by atoms with Crippen LogP contribution in [0.1, 0.15) is 120 Å². The molecule has 0 amide bonds. The van der Waals surface area contributed by atoms with E-state index in [0.29, 0.717) is 36.2 Å². The Morgan fingerprint density at radius 2 is 1.80 bits per heavy atom. The van der Waals surface area contributed by atoms with E-state index in [9.17, 15) is 9.90 Å². The van der Waals surface area contributed by atoms with Crippen molar-refractivity contribution in [1.29, 1.82) is 0 Å². The lowest BCUT2D eigenvalue weighted by Gasteiger charge is -2.31. The van der Waals surface area contributed by atoms with Crippen molar-refractivity contribution in [2.45, 2.75) is 112 Å². The Morgan fingerprint density at radius 3 is 2.30 bits per heavy atom. The third-order valence-corrected chi connectivity index (χ3v) is 6.51. The first kappa shape index (κ1) is 37.5. The first-order valence-corrected chi connectivity index (χ1v) is 15.4. The van der Waals surface area contributed by atoms with Gasteiger partial charge in [0.15, 0.2) is 5.78 Å². The van der Waals surface area contributed by atoms with Crippen molar-refractivity contribution in [1.82, 2.24) is 5.32 Å². The molecule has 2 aromatic rings. The molecular formula is C34H54ClN3O2. The van der Waals surface area contributed by atoms with Gasteiger partial charge in [-0.15, -0.1) is 11.6 Å². The van der Waals surface area contributed by atoms with Crippen LogP contribution in [0.15, 0.2) is 46.6 Å². The molecule has 0 aliphatic heterocycles. The van der Waals surface area contributed by atoms with Crippen LogP contribution >= 0.6 is 11.6 Å². The average Bonchev–Trinajstić information content (AvgIpc) is 2.92. The highest BCUT2D eigenvalue weighted by Gasteiger charge is 2.28. The first-order valence-electron chi connectivity index (χ1n) is 15.0. The number of carbonyl (C=O) groups excluding carboxylic acids is 1. The van der Waals surface area contributed by atoms with Gasteiger partial charge in [0.2, 0.25) is 0 Å². The molecule has 0 spiro atoms. The van der Waals surface area contributed by atoms with Crippen LogP contribution < -0.4 is 5.32 Å². The number of halogens is 1. The van der Waals surface area contributed by atoms with Crippen molar-refractivity contribution in [3.63, 3.8) is 0 Å². The fourth-order valence-corrected chi connectivity index (χ4v) is 4.45. The number of Topliss-reactive ketones (excluding diaryl/α,β-unsaturated/α-hetero) is 1. The van der Waals surface area contributed by atoms with E-state index in [2.05, 4.69) is 67.5 Å². The van der Waals surface area contributed by atoms with Gasteiger partial charge < -0.3 is 10.4 Å². The largest absolute Gasteiger partial charge is 0.508 e. The lowest BCUT2D eigenvalue weighted by molar-refractivity contribution is 0.0986. The number of benzene rings is 2. The topological polar surface area (TPSA) is 74.1 Å². The summed E-state index contributed by atoms with van der Waals surface area (Å²) in [4.78, 5) is 11.9. The highest BCUT2D eigenvalue weighted by molar-refractivity contribution is 6.21. The van der Waals surface area contributed by atoms with E-state index in [4.69, 9.17) is 11.6 Å². The van der Waals surface area contributed by atoms with Crippen LogP contribution in [0.25, 0.3) is 0 Å². The molecule has 0 bridgehead atoms. The Balaban J connectivity index is 0.000000596. The average molecular weight is 572 g/mol. The molecule has 3 rings (SSSR count). The van der Waals surface area contributed by atoms with E-state index in [1.54, 1.807) is 18.5 Å². The Kier molecular flexibility index (Phi) is 20.8. The number of aryl methyl sites for hydroxylation is 1. The second-order valence-corrected chi connectivity index (χ2v) is 10.6. The quantitative estimate of drug-likeness (QED) is 0.0980. The van der Waals surface area contributed by atoms with Crippen LogP contribution in [0.5, 0.6) is 5.75 Å². The van der Waals surface area contributed by atoms with Gasteiger partial charge in [-0.05, 0) is 81.2 Å². The van der Waals surface area contributed by atoms with Crippen LogP contribution in [0.4, 0.5) is 0 Å². The van der Waals surface area contributed by atoms with E-state index in [1.807, 2.05) is 40.7 Å². The maximum absolute atomic E-state index is 11.9. The first-order chi connectivity index (χ1) is 19.2. The zero-order valence-corrected chi connectivity index (χ0v) is 27.2. The SMILES string of the molecule is C/C=N\N=C/C(C)C.CC.CCCNCc1cc(O)c(CC)c(C(=O)CC)c1.Cc1cccc(C2CC(Cl)C2)c1. The van der Waals surface area contributed by atoms with Gasteiger partial charge in [-0.25, -0.2) is 0 Å². The summed E-state index contributed by atoms with van der Waals surface area (Å²) in [6.07, 6.45) is 8.00. The molecule has 1 aliphatic rings. The van der Waals surface area contributed by atoms with Crippen molar-refractivity contribution in [2.75, 3.05) is 6.54 Å². The summed E-state index contributed by atoms with van der Waals surface area (Å²) in [6, 6.07) is 12.4. The van der Waals surface area contributed by atoms with Crippen LogP contribution in [0, 0.1) is 12.8 Å². The van der Waals surface area contributed by atoms with Crippen LogP contribution in [0.2, 0.25) is 0 Å². The van der Waals surface area contributed by atoms with E-state index < -0.39 is 0 Å². The molecule has 1 fully saturated rings. The molecule has 2 N–H and O–H groups in total. The fourth-order valence-electron chi connectivity index (χ4n) is 4.02.